The van der Waals surface area contributed by atoms with Crippen molar-refractivity contribution in [1.29, 1.82) is 0 Å². The summed E-state index contributed by atoms with van der Waals surface area (Å²) in [6.07, 6.45) is 4.96. The minimum Gasteiger partial charge on any atom is -0.478 e. The molecule has 0 bridgehead atoms. The molecule has 3 rings (SSSR count). The van der Waals surface area contributed by atoms with E-state index in [1.54, 1.807) is 12.1 Å². The summed E-state index contributed by atoms with van der Waals surface area (Å²) < 4.78 is 11.6. The van der Waals surface area contributed by atoms with Crippen LogP contribution in [0.3, 0.4) is 0 Å². The van der Waals surface area contributed by atoms with Gasteiger partial charge in [0.2, 0.25) is 0 Å². The Kier molecular flexibility index (Phi) is 6.77. The molecule has 0 saturated carbocycles. The topological polar surface area (TPSA) is 75.8 Å². The summed E-state index contributed by atoms with van der Waals surface area (Å²) in [5.41, 5.74) is 1.38. The summed E-state index contributed by atoms with van der Waals surface area (Å²) in [5, 5.41) is 9.23. The maximum atomic E-state index is 11.3. The van der Waals surface area contributed by atoms with Crippen molar-refractivity contribution in [2.75, 3.05) is 11.4 Å². The molecule has 0 unspecified atom stereocenters. The van der Waals surface area contributed by atoms with E-state index in [0.29, 0.717) is 18.3 Å². The van der Waals surface area contributed by atoms with Crippen molar-refractivity contribution in [1.82, 2.24) is 4.98 Å². The van der Waals surface area contributed by atoms with Gasteiger partial charge in [-0.3, -0.25) is 0 Å². The molecule has 0 atom stereocenters. The summed E-state index contributed by atoms with van der Waals surface area (Å²) >= 11 is 0. The fourth-order valence-corrected chi connectivity index (χ4v) is 3.05. The van der Waals surface area contributed by atoms with Gasteiger partial charge in [-0.15, -0.1) is 6.58 Å². The first-order valence-electron chi connectivity index (χ1n) is 10.1. The number of oxazole rings is 1. The third kappa shape index (κ3) is 5.41. The molecule has 6 heteroatoms. The number of fused-ring (bicyclic) bond motifs is 1. The molecule has 0 aliphatic carbocycles. The van der Waals surface area contributed by atoms with Gasteiger partial charge in [0.15, 0.2) is 11.2 Å². The van der Waals surface area contributed by atoms with E-state index in [1.165, 1.54) is 13.8 Å². The minimum atomic E-state index is -1.28. The smallest absolute Gasteiger partial charge is 0.347 e. The van der Waals surface area contributed by atoms with E-state index in [-0.39, 0.29) is 0 Å². The Morgan fingerprint density at radius 2 is 1.93 bits per heavy atom. The molecule has 6 nitrogen and oxygen atoms in total. The first-order chi connectivity index (χ1) is 14.4. The van der Waals surface area contributed by atoms with Crippen molar-refractivity contribution in [3.8, 4) is 5.75 Å². The van der Waals surface area contributed by atoms with E-state index >= 15 is 0 Å². The number of ether oxygens (including phenoxy) is 1. The number of carbonyl (C=O) groups is 1. The van der Waals surface area contributed by atoms with E-state index in [1.807, 2.05) is 42.5 Å². The van der Waals surface area contributed by atoms with Gasteiger partial charge in [-0.05, 0) is 62.9 Å². The van der Waals surface area contributed by atoms with Gasteiger partial charge in [-0.1, -0.05) is 30.3 Å². The van der Waals surface area contributed by atoms with Crippen molar-refractivity contribution < 1.29 is 19.1 Å². The number of hydrogen-bond donors (Lipinski definition) is 1. The molecule has 158 valence electrons. The van der Waals surface area contributed by atoms with E-state index in [9.17, 15) is 9.90 Å². The number of unbranched alkanes of at least 4 members (excludes halogenated alkanes) is 2. The second kappa shape index (κ2) is 9.48. The van der Waals surface area contributed by atoms with Crippen LogP contribution in [0.2, 0.25) is 0 Å². The number of carboxylic acids is 1. The molecule has 1 N–H and O–H groups in total. The lowest BCUT2D eigenvalue weighted by atomic mass is 10.1. The molecule has 0 aliphatic rings. The highest BCUT2D eigenvalue weighted by molar-refractivity contribution is 5.76. The molecular formula is C24H28N2O4. The summed E-state index contributed by atoms with van der Waals surface area (Å²) in [6.45, 7) is 8.28. The highest BCUT2D eigenvalue weighted by Crippen LogP contribution is 2.25. The van der Waals surface area contributed by atoms with Crippen LogP contribution in [0.25, 0.3) is 11.1 Å². The van der Waals surface area contributed by atoms with Crippen LogP contribution in [0, 0.1) is 0 Å². The zero-order chi connectivity index (χ0) is 21.6. The third-order valence-corrected chi connectivity index (χ3v) is 4.82. The quantitative estimate of drug-likeness (QED) is 0.337. The summed E-state index contributed by atoms with van der Waals surface area (Å²) in [4.78, 5) is 18.0. The molecule has 30 heavy (non-hydrogen) atoms. The van der Waals surface area contributed by atoms with Crippen LogP contribution in [-0.4, -0.2) is 28.2 Å². The van der Waals surface area contributed by atoms with Crippen molar-refractivity contribution in [3.05, 3.63) is 66.7 Å². The molecule has 3 aromatic rings. The van der Waals surface area contributed by atoms with Crippen LogP contribution >= 0.6 is 0 Å². The Balaban J connectivity index is 1.75. The number of anilines is 1. The fraction of sp³-hybridized carbons (Fsp3) is 0.333. The normalized spacial score (nSPS) is 11.4. The SMILES string of the molecule is C=CCCCCN(Cc1ccc(OC(C)(C)C(=O)O)cc1)c1nc2ccccc2o1. The molecule has 2 aromatic carbocycles. The molecule has 1 aromatic heterocycles. The predicted octanol–water partition coefficient (Wildman–Crippen LogP) is 5.43. The second-order valence-electron chi connectivity index (χ2n) is 7.73. The monoisotopic (exact) mass is 408 g/mol. The maximum absolute atomic E-state index is 11.3. The van der Waals surface area contributed by atoms with Crippen LogP contribution in [0.5, 0.6) is 5.75 Å². The lowest BCUT2D eigenvalue weighted by Gasteiger charge is -2.23. The van der Waals surface area contributed by atoms with Crippen LogP contribution in [-0.2, 0) is 11.3 Å². The molecular weight excluding hydrogens is 380 g/mol. The molecule has 0 saturated heterocycles. The van der Waals surface area contributed by atoms with Gasteiger partial charge in [0.1, 0.15) is 11.3 Å². The average molecular weight is 408 g/mol. The first-order valence-corrected chi connectivity index (χ1v) is 10.1. The molecule has 0 fully saturated rings. The second-order valence-corrected chi connectivity index (χ2v) is 7.73. The molecule has 0 aliphatic heterocycles. The summed E-state index contributed by atoms with van der Waals surface area (Å²) in [7, 11) is 0. The summed E-state index contributed by atoms with van der Waals surface area (Å²) in [6, 6.07) is 15.8. The lowest BCUT2D eigenvalue weighted by molar-refractivity contribution is -0.152. The van der Waals surface area contributed by atoms with Crippen LogP contribution in [0.4, 0.5) is 6.01 Å². The number of rotatable bonds is 11. The van der Waals surface area contributed by atoms with Crippen molar-refractivity contribution in [2.45, 2.75) is 45.3 Å². The van der Waals surface area contributed by atoms with Gasteiger partial charge in [0.25, 0.3) is 6.01 Å². The number of nitrogens with zero attached hydrogens (tertiary/aromatic N) is 2. The number of benzene rings is 2. The largest absolute Gasteiger partial charge is 0.478 e. The van der Waals surface area contributed by atoms with Crippen molar-refractivity contribution in [3.63, 3.8) is 0 Å². The predicted molar refractivity (Wildman–Crippen MR) is 118 cm³/mol. The number of para-hydroxylation sites is 2. The fourth-order valence-electron chi connectivity index (χ4n) is 3.05. The number of hydrogen-bond acceptors (Lipinski definition) is 5. The summed E-state index contributed by atoms with van der Waals surface area (Å²) in [5.74, 6) is -0.487. The Morgan fingerprint density at radius 1 is 1.20 bits per heavy atom. The van der Waals surface area contributed by atoms with Gasteiger partial charge >= 0.3 is 5.97 Å². The minimum absolute atomic E-state index is 0.519. The van der Waals surface area contributed by atoms with Gasteiger partial charge < -0.3 is 19.2 Å². The third-order valence-electron chi connectivity index (χ3n) is 4.82. The molecule has 0 amide bonds. The molecule has 0 spiro atoms. The highest BCUT2D eigenvalue weighted by Gasteiger charge is 2.29. The van der Waals surface area contributed by atoms with Crippen LogP contribution in [0.1, 0.15) is 38.7 Å². The standard InChI is InChI=1S/C24H28N2O4/c1-4-5-6-9-16-26(23-25-20-10-7-8-11-21(20)29-23)17-18-12-14-19(15-13-18)30-24(2,3)22(27)28/h4,7-8,10-15H,1,5-6,9,16-17H2,2-3H3,(H,27,28). The van der Waals surface area contributed by atoms with E-state index in [4.69, 9.17) is 9.15 Å². The Bertz CT molecular complexity index is 959. The number of carboxylic acid groups (broad SMARTS) is 1. The van der Waals surface area contributed by atoms with Crippen molar-refractivity contribution in [2.24, 2.45) is 0 Å². The zero-order valence-corrected chi connectivity index (χ0v) is 17.5. The van der Waals surface area contributed by atoms with Gasteiger partial charge in [-0.2, -0.15) is 4.98 Å². The zero-order valence-electron chi connectivity index (χ0n) is 17.5. The molecule has 1 heterocycles. The van der Waals surface area contributed by atoms with Crippen LogP contribution < -0.4 is 9.64 Å². The van der Waals surface area contributed by atoms with E-state index < -0.39 is 11.6 Å². The van der Waals surface area contributed by atoms with Crippen molar-refractivity contribution >= 4 is 23.1 Å². The lowest BCUT2D eigenvalue weighted by Crippen LogP contribution is -2.37. The highest BCUT2D eigenvalue weighted by atomic mass is 16.5. The average Bonchev–Trinajstić information content (AvgIpc) is 3.15. The van der Waals surface area contributed by atoms with E-state index in [2.05, 4.69) is 16.5 Å². The van der Waals surface area contributed by atoms with Crippen LogP contribution in [0.15, 0.2) is 65.6 Å². The Hall–Kier alpha value is -3.28. The number of aromatic nitrogens is 1. The van der Waals surface area contributed by atoms with Gasteiger partial charge in [-0.25, -0.2) is 4.79 Å². The number of aliphatic carboxylic acids is 1. The Morgan fingerprint density at radius 3 is 2.60 bits per heavy atom. The Labute approximate surface area is 176 Å². The first kappa shape index (κ1) is 21.4. The molecule has 0 radical (unpaired) electrons. The maximum Gasteiger partial charge on any atom is 0.347 e. The number of allylic oxidation sites excluding steroid dienone is 1. The van der Waals surface area contributed by atoms with E-state index in [0.717, 1.165) is 42.5 Å². The van der Waals surface area contributed by atoms with Gasteiger partial charge in [0.05, 0.1) is 0 Å². The van der Waals surface area contributed by atoms with Gasteiger partial charge in [0, 0.05) is 13.1 Å².